The van der Waals surface area contributed by atoms with Gasteiger partial charge in [0.1, 0.15) is 6.11 Å². The summed E-state index contributed by atoms with van der Waals surface area (Å²) in [6, 6.07) is 1.91. The van der Waals surface area contributed by atoms with Crippen molar-refractivity contribution in [2.24, 2.45) is 5.73 Å². The lowest BCUT2D eigenvalue weighted by atomic mass is 10.8. The second-order valence-corrected chi connectivity index (χ2v) is 0.840. The predicted molar refractivity (Wildman–Crippen MR) is 23.7 cm³/mol. The minimum atomic E-state index is -0.446. The van der Waals surface area contributed by atoms with Gasteiger partial charge in [-0.15, -0.1) is 0 Å². The molecule has 0 bridgehead atoms. The van der Waals surface area contributed by atoms with Crippen molar-refractivity contribution in [2.45, 2.75) is 6.92 Å². The van der Waals surface area contributed by atoms with Gasteiger partial charge in [0, 0.05) is 13.0 Å². The van der Waals surface area contributed by atoms with Crippen molar-refractivity contribution in [3.63, 3.8) is 0 Å². The number of nitrogens with two attached hydrogens (primary N) is 1. The van der Waals surface area contributed by atoms with Crippen LogP contribution in [0.5, 0.6) is 0 Å². The van der Waals surface area contributed by atoms with Crippen LogP contribution >= 0.6 is 0 Å². The lowest BCUT2D eigenvalue weighted by Crippen LogP contribution is -1.91. The van der Waals surface area contributed by atoms with E-state index in [1.165, 1.54) is 6.92 Å². The van der Waals surface area contributed by atoms with Gasteiger partial charge in [0.05, 0.1) is 0 Å². The molecule has 7 heavy (non-hydrogen) atoms. The van der Waals surface area contributed by atoms with Crippen molar-refractivity contribution in [1.82, 2.24) is 0 Å². The number of hydrogen-bond donors (Lipinski definition) is 1. The molecule has 0 aromatic carbocycles. The minimum absolute atomic E-state index is 0.446. The summed E-state index contributed by atoms with van der Waals surface area (Å²) < 4.78 is 4.07. The molecular weight excluding hydrogens is 94.0 g/mol. The SMILES string of the molecule is CC(=O)OC#CN. The number of carbonyl (C=O) groups is 1. The minimum Gasteiger partial charge on any atom is -0.371 e. The van der Waals surface area contributed by atoms with Gasteiger partial charge in [0.2, 0.25) is 0 Å². The van der Waals surface area contributed by atoms with E-state index in [-0.39, 0.29) is 0 Å². The predicted octanol–water partition coefficient (Wildman–Crippen LogP) is -0.573. The van der Waals surface area contributed by atoms with Crippen LogP contribution in [-0.2, 0) is 9.53 Å². The van der Waals surface area contributed by atoms with E-state index in [1.54, 1.807) is 0 Å². The third-order valence-corrected chi connectivity index (χ3v) is 0.254. The van der Waals surface area contributed by atoms with Crippen LogP contribution in [0.1, 0.15) is 6.92 Å². The molecule has 0 radical (unpaired) electrons. The Morgan fingerprint density at radius 3 is 2.57 bits per heavy atom. The van der Waals surface area contributed by atoms with Gasteiger partial charge >= 0.3 is 5.97 Å². The van der Waals surface area contributed by atoms with Crippen LogP contribution < -0.4 is 5.73 Å². The first-order valence-electron chi connectivity index (χ1n) is 1.65. The molecule has 0 fully saturated rings. The summed E-state index contributed by atoms with van der Waals surface area (Å²) in [5.41, 5.74) is 4.64. The fraction of sp³-hybridized carbons (Fsp3) is 0.250. The smallest absolute Gasteiger partial charge is 0.316 e. The highest BCUT2D eigenvalue weighted by atomic mass is 16.5. The molecule has 0 rings (SSSR count). The van der Waals surface area contributed by atoms with E-state index in [0.717, 1.165) is 0 Å². The number of carbonyl (C=O) groups excluding carboxylic acids is 1. The summed E-state index contributed by atoms with van der Waals surface area (Å²) in [5, 5.41) is 0. The third kappa shape index (κ3) is 4.83. The maximum absolute atomic E-state index is 9.82. The Labute approximate surface area is 41.4 Å². The van der Waals surface area contributed by atoms with Gasteiger partial charge in [-0.1, -0.05) is 0 Å². The Kier molecular flexibility index (Phi) is 2.53. The maximum Gasteiger partial charge on any atom is 0.316 e. The Balaban J connectivity index is 3.26. The Morgan fingerprint density at radius 2 is 2.43 bits per heavy atom. The van der Waals surface area contributed by atoms with Crippen molar-refractivity contribution in [1.29, 1.82) is 0 Å². The zero-order valence-electron chi connectivity index (χ0n) is 3.89. The molecular formula is C4H5NO2. The van der Waals surface area contributed by atoms with Gasteiger partial charge < -0.3 is 10.5 Å². The fourth-order valence-electron chi connectivity index (χ4n) is 0.101. The molecule has 0 aliphatic carbocycles. The van der Waals surface area contributed by atoms with Crippen LogP contribution in [-0.4, -0.2) is 5.97 Å². The Morgan fingerprint density at radius 1 is 1.86 bits per heavy atom. The summed E-state index contributed by atoms with van der Waals surface area (Å²) in [7, 11) is 0. The molecule has 0 aromatic heterocycles. The summed E-state index contributed by atoms with van der Waals surface area (Å²) in [4.78, 5) is 9.82. The van der Waals surface area contributed by atoms with E-state index in [9.17, 15) is 4.79 Å². The lowest BCUT2D eigenvalue weighted by Gasteiger charge is -1.79. The van der Waals surface area contributed by atoms with E-state index in [0.29, 0.717) is 0 Å². The summed E-state index contributed by atoms with van der Waals surface area (Å²) in [6.45, 7) is 1.25. The maximum atomic E-state index is 9.82. The second kappa shape index (κ2) is 3.04. The molecule has 2 N–H and O–H groups in total. The van der Waals surface area contributed by atoms with E-state index in [1.807, 2.05) is 12.2 Å². The molecule has 3 nitrogen and oxygen atoms in total. The third-order valence-electron chi connectivity index (χ3n) is 0.254. The van der Waals surface area contributed by atoms with Crippen molar-refractivity contribution in [3.8, 4) is 12.2 Å². The van der Waals surface area contributed by atoms with Crippen LogP contribution in [0.4, 0.5) is 0 Å². The summed E-state index contributed by atoms with van der Waals surface area (Å²) >= 11 is 0. The molecule has 0 spiro atoms. The number of hydrogen-bond acceptors (Lipinski definition) is 3. The quantitative estimate of drug-likeness (QED) is 0.251. The first kappa shape index (κ1) is 5.83. The fourth-order valence-corrected chi connectivity index (χ4v) is 0.101. The molecule has 0 aromatic rings. The monoisotopic (exact) mass is 99.0 g/mol. The number of rotatable bonds is 0. The topological polar surface area (TPSA) is 52.3 Å². The standard InChI is InChI=1S/C4H5NO2/c1-4(6)7-3-2-5/h5H2,1H3. The number of esters is 1. The second-order valence-electron chi connectivity index (χ2n) is 0.840. The van der Waals surface area contributed by atoms with Crippen molar-refractivity contribution >= 4 is 5.97 Å². The average molecular weight is 99.1 g/mol. The van der Waals surface area contributed by atoms with Crippen molar-refractivity contribution in [3.05, 3.63) is 0 Å². The first-order valence-corrected chi connectivity index (χ1v) is 1.65. The number of ether oxygens (including phenoxy) is 1. The molecule has 0 aliphatic rings. The molecule has 0 saturated heterocycles. The van der Waals surface area contributed by atoms with Crippen LogP contribution in [0.25, 0.3) is 0 Å². The average Bonchev–Trinajstić information content (AvgIpc) is 1.61. The highest BCUT2D eigenvalue weighted by molar-refractivity contribution is 5.67. The van der Waals surface area contributed by atoms with Crippen molar-refractivity contribution < 1.29 is 9.53 Å². The van der Waals surface area contributed by atoms with Gasteiger partial charge in [0.15, 0.2) is 0 Å². The van der Waals surface area contributed by atoms with Gasteiger partial charge in [0.25, 0.3) is 0 Å². The van der Waals surface area contributed by atoms with Crippen LogP contribution in [0.15, 0.2) is 0 Å². The van der Waals surface area contributed by atoms with Gasteiger partial charge in [-0.2, -0.15) is 0 Å². The normalized spacial score (nSPS) is 5.86. The van der Waals surface area contributed by atoms with Gasteiger partial charge in [-0.05, 0) is 0 Å². The Hall–Kier alpha value is -1.17. The Bertz CT molecular complexity index is 119. The van der Waals surface area contributed by atoms with Gasteiger partial charge in [-0.3, -0.25) is 4.79 Å². The van der Waals surface area contributed by atoms with Gasteiger partial charge in [-0.25, -0.2) is 0 Å². The largest absolute Gasteiger partial charge is 0.371 e. The van der Waals surface area contributed by atoms with Crippen LogP contribution in [0.2, 0.25) is 0 Å². The molecule has 0 amide bonds. The molecule has 38 valence electrons. The lowest BCUT2D eigenvalue weighted by molar-refractivity contribution is -0.134. The highest BCUT2D eigenvalue weighted by Gasteiger charge is 1.81. The highest BCUT2D eigenvalue weighted by Crippen LogP contribution is 1.66. The zero-order valence-corrected chi connectivity index (χ0v) is 3.89. The van der Waals surface area contributed by atoms with E-state index in [2.05, 4.69) is 10.5 Å². The molecule has 0 heterocycles. The zero-order chi connectivity index (χ0) is 5.70. The molecule has 0 saturated carbocycles. The summed E-state index contributed by atoms with van der Waals surface area (Å²) in [6.07, 6.45) is 1.93. The van der Waals surface area contributed by atoms with Crippen LogP contribution in [0.3, 0.4) is 0 Å². The first-order chi connectivity index (χ1) is 3.27. The van der Waals surface area contributed by atoms with E-state index < -0.39 is 5.97 Å². The van der Waals surface area contributed by atoms with E-state index >= 15 is 0 Å². The molecule has 3 heteroatoms. The molecule has 0 atom stereocenters. The van der Waals surface area contributed by atoms with E-state index in [4.69, 9.17) is 0 Å². The van der Waals surface area contributed by atoms with Crippen molar-refractivity contribution in [2.75, 3.05) is 0 Å². The van der Waals surface area contributed by atoms with Crippen LogP contribution in [0, 0.1) is 12.2 Å². The molecule has 0 aliphatic heterocycles. The molecule has 0 unspecified atom stereocenters. The summed E-state index contributed by atoms with van der Waals surface area (Å²) in [5.74, 6) is -0.446.